The van der Waals surface area contributed by atoms with Crippen LogP contribution < -0.4 is 16.4 Å². The Hall–Kier alpha value is -2.42. The molecular weight excluding hydrogens is 342 g/mol. The number of fused-ring (bicyclic) bond motifs is 1. The van der Waals surface area contributed by atoms with Gasteiger partial charge in [-0.15, -0.1) is 0 Å². The van der Waals surface area contributed by atoms with Crippen molar-refractivity contribution in [3.8, 4) is 0 Å². The Morgan fingerprint density at radius 1 is 1.44 bits per heavy atom. The van der Waals surface area contributed by atoms with E-state index in [0.29, 0.717) is 42.5 Å². The first-order chi connectivity index (χ1) is 12.1. The monoisotopic (exact) mass is 361 g/mol. The number of amides is 1. The number of nitrogens with zero attached hydrogens (tertiary/aromatic N) is 4. The molecule has 1 atom stereocenters. The topological polar surface area (TPSA) is 98.9 Å². The van der Waals surface area contributed by atoms with Crippen LogP contribution in [0.4, 0.5) is 0 Å². The van der Waals surface area contributed by atoms with Gasteiger partial charge in [-0.25, -0.2) is 9.67 Å². The van der Waals surface area contributed by atoms with Gasteiger partial charge in [-0.1, -0.05) is 11.8 Å². The van der Waals surface area contributed by atoms with Gasteiger partial charge in [0.25, 0.3) is 11.1 Å². The van der Waals surface area contributed by atoms with Crippen molar-refractivity contribution in [3.05, 3.63) is 50.8 Å². The van der Waals surface area contributed by atoms with E-state index >= 15 is 0 Å². The van der Waals surface area contributed by atoms with Crippen LogP contribution in [0.3, 0.4) is 0 Å². The largest absolute Gasteiger partial charge is 0.356 e. The third-order valence-electron chi connectivity index (χ3n) is 4.00. The van der Waals surface area contributed by atoms with Gasteiger partial charge in [-0.2, -0.15) is 5.10 Å². The van der Waals surface area contributed by atoms with Crippen molar-refractivity contribution in [1.82, 2.24) is 24.6 Å². The minimum absolute atomic E-state index is 0.0834. The quantitative estimate of drug-likeness (QED) is 0.596. The van der Waals surface area contributed by atoms with E-state index in [2.05, 4.69) is 15.4 Å². The molecule has 132 valence electrons. The predicted octanol–water partition coefficient (Wildman–Crippen LogP) is 0.0368. The second-order valence-corrected chi connectivity index (χ2v) is 6.86. The summed E-state index contributed by atoms with van der Waals surface area (Å²) in [6, 6.07) is 3.05. The first kappa shape index (κ1) is 17.4. The molecule has 2 aromatic heterocycles. The molecule has 1 N–H and O–H groups in total. The smallest absolute Gasteiger partial charge is 0.266 e. The second kappa shape index (κ2) is 7.64. The number of carbonyl (C=O) groups is 1. The number of thioether (sulfide) groups is 1. The first-order valence-electron chi connectivity index (χ1n) is 8.05. The molecule has 3 rings (SSSR count). The zero-order valence-corrected chi connectivity index (χ0v) is 14.7. The highest BCUT2D eigenvalue weighted by Gasteiger charge is 2.26. The van der Waals surface area contributed by atoms with Gasteiger partial charge in [0.2, 0.25) is 5.91 Å². The number of nitrogens with one attached hydrogen (secondary N) is 1. The third kappa shape index (κ3) is 3.98. The molecule has 3 heterocycles. The molecule has 1 aliphatic rings. The summed E-state index contributed by atoms with van der Waals surface area (Å²) in [6.45, 7) is 2.97. The van der Waals surface area contributed by atoms with Crippen LogP contribution in [0.15, 0.2) is 39.3 Å². The summed E-state index contributed by atoms with van der Waals surface area (Å²) in [7, 11) is 0. The number of hydrogen-bond donors (Lipinski definition) is 1. The van der Waals surface area contributed by atoms with Crippen molar-refractivity contribution in [3.63, 3.8) is 0 Å². The van der Waals surface area contributed by atoms with E-state index in [-0.39, 0.29) is 22.9 Å². The number of aryl methyl sites for hydroxylation is 2. The highest BCUT2D eigenvalue weighted by atomic mass is 32.2. The zero-order chi connectivity index (χ0) is 17.8. The molecule has 0 aromatic carbocycles. The number of rotatable bonds is 5. The average molecular weight is 361 g/mol. The van der Waals surface area contributed by atoms with Crippen LogP contribution in [0.5, 0.6) is 0 Å². The Bertz CT molecular complexity index is 892. The maximum atomic E-state index is 12.3. The lowest BCUT2D eigenvalue weighted by Gasteiger charge is -2.24. The molecule has 1 aliphatic heterocycles. The molecule has 0 saturated heterocycles. The third-order valence-corrected chi connectivity index (χ3v) is 5.15. The molecule has 0 spiro atoms. The van der Waals surface area contributed by atoms with Crippen molar-refractivity contribution in [2.45, 2.75) is 31.6 Å². The normalized spacial score (nSPS) is 16.3. The van der Waals surface area contributed by atoms with Crippen molar-refractivity contribution >= 4 is 17.7 Å². The summed E-state index contributed by atoms with van der Waals surface area (Å²) in [5.74, 6) is 0.248. The van der Waals surface area contributed by atoms with Crippen LogP contribution in [0.1, 0.15) is 12.0 Å². The fourth-order valence-corrected chi connectivity index (χ4v) is 3.65. The molecule has 0 aliphatic carbocycles. The summed E-state index contributed by atoms with van der Waals surface area (Å²) in [4.78, 5) is 40.3. The van der Waals surface area contributed by atoms with Crippen LogP contribution in [0.25, 0.3) is 0 Å². The summed E-state index contributed by atoms with van der Waals surface area (Å²) in [6.07, 6.45) is 3.74. The Balaban J connectivity index is 1.52. The van der Waals surface area contributed by atoms with Gasteiger partial charge in [0.05, 0.1) is 5.92 Å². The molecule has 0 fully saturated rings. The molecule has 1 amide bonds. The zero-order valence-electron chi connectivity index (χ0n) is 13.8. The van der Waals surface area contributed by atoms with Crippen LogP contribution in [-0.4, -0.2) is 37.5 Å². The van der Waals surface area contributed by atoms with Crippen LogP contribution >= 0.6 is 11.8 Å². The molecule has 0 bridgehead atoms. The fraction of sp³-hybridized carbons (Fsp3) is 0.438. The van der Waals surface area contributed by atoms with Crippen molar-refractivity contribution in [2.24, 2.45) is 5.92 Å². The Labute approximate surface area is 148 Å². The number of hydrogen-bond acceptors (Lipinski definition) is 6. The standard InChI is InChI=1S/C16H19N5O3S/c1-11-8-18-16-20(15(11)24)9-12(10-25-16)14(23)17-5-3-7-21-13(22)4-2-6-19-21/h2,4,6,8,12H,3,5,7,9-10H2,1H3,(H,17,23). The van der Waals surface area contributed by atoms with E-state index in [1.807, 2.05) is 0 Å². The minimum atomic E-state index is -0.267. The predicted molar refractivity (Wildman–Crippen MR) is 93.6 cm³/mol. The van der Waals surface area contributed by atoms with E-state index in [0.717, 1.165) is 0 Å². The summed E-state index contributed by atoms with van der Waals surface area (Å²) < 4.78 is 2.94. The highest BCUT2D eigenvalue weighted by molar-refractivity contribution is 7.99. The maximum absolute atomic E-state index is 12.3. The van der Waals surface area contributed by atoms with Gasteiger partial charge in [-0.05, 0) is 19.4 Å². The van der Waals surface area contributed by atoms with Gasteiger partial charge in [0, 0.05) is 49.4 Å². The van der Waals surface area contributed by atoms with E-state index in [4.69, 9.17) is 0 Å². The van der Waals surface area contributed by atoms with E-state index < -0.39 is 0 Å². The molecule has 2 aromatic rings. The van der Waals surface area contributed by atoms with Gasteiger partial charge in [0.15, 0.2) is 5.16 Å². The summed E-state index contributed by atoms with van der Waals surface area (Å²) in [5.41, 5.74) is 0.326. The van der Waals surface area contributed by atoms with Crippen molar-refractivity contribution in [1.29, 1.82) is 0 Å². The lowest BCUT2D eigenvalue weighted by Crippen LogP contribution is -2.40. The maximum Gasteiger partial charge on any atom is 0.266 e. The number of aromatic nitrogens is 4. The Morgan fingerprint density at radius 2 is 2.28 bits per heavy atom. The molecule has 9 heteroatoms. The summed E-state index contributed by atoms with van der Waals surface area (Å²) in [5, 5.41) is 7.51. The molecular formula is C16H19N5O3S. The minimum Gasteiger partial charge on any atom is -0.356 e. The summed E-state index contributed by atoms with van der Waals surface area (Å²) >= 11 is 1.42. The van der Waals surface area contributed by atoms with Crippen LogP contribution in [-0.2, 0) is 17.9 Å². The van der Waals surface area contributed by atoms with E-state index in [1.54, 1.807) is 30.0 Å². The van der Waals surface area contributed by atoms with Gasteiger partial charge in [-0.3, -0.25) is 19.0 Å². The van der Waals surface area contributed by atoms with Crippen LogP contribution in [0, 0.1) is 12.8 Å². The number of carbonyl (C=O) groups excluding carboxylic acids is 1. The molecule has 25 heavy (non-hydrogen) atoms. The molecule has 0 saturated carbocycles. The SMILES string of the molecule is Cc1cnc2n(c1=O)CC(C(=O)NCCCn1ncccc1=O)CS2. The highest BCUT2D eigenvalue weighted by Crippen LogP contribution is 2.24. The Kier molecular flexibility index (Phi) is 5.32. The van der Waals surface area contributed by atoms with Gasteiger partial charge in [0.1, 0.15) is 0 Å². The lowest BCUT2D eigenvalue weighted by atomic mass is 10.1. The molecule has 1 unspecified atom stereocenters. The van der Waals surface area contributed by atoms with E-state index in [1.165, 1.54) is 22.5 Å². The fourth-order valence-electron chi connectivity index (χ4n) is 2.60. The average Bonchev–Trinajstić information content (AvgIpc) is 2.63. The first-order valence-corrected chi connectivity index (χ1v) is 9.04. The van der Waals surface area contributed by atoms with Crippen molar-refractivity contribution < 1.29 is 4.79 Å². The lowest BCUT2D eigenvalue weighted by molar-refractivity contribution is -0.124. The molecule has 0 radical (unpaired) electrons. The Morgan fingerprint density at radius 3 is 3.08 bits per heavy atom. The van der Waals surface area contributed by atoms with Gasteiger partial charge >= 0.3 is 0 Å². The van der Waals surface area contributed by atoms with Crippen LogP contribution in [0.2, 0.25) is 0 Å². The van der Waals surface area contributed by atoms with E-state index in [9.17, 15) is 14.4 Å². The van der Waals surface area contributed by atoms with Gasteiger partial charge < -0.3 is 5.32 Å². The second-order valence-electron chi connectivity index (χ2n) is 5.88. The van der Waals surface area contributed by atoms with Crippen molar-refractivity contribution in [2.75, 3.05) is 12.3 Å². The molecule has 8 nitrogen and oxygen atoms in total.